The number of aryl methyl sites for hydroxylation is 1. The van der Waals surface area contributed by atoms with Crippen molar-refractivity contribution in [3.8, 4) is 11.8 Å². The smallest absolute Gasteiger partial charge is 0.321 e. The molecule has 1 aromatic carbocycles. The highest BCUT2D eigenvalue weighted by Gasteiger charge is 2.07. The van der Waals surface area contributed by atoms with Gasteiger partial charge < -0.3 is 15.8 Å². The van der Waals surface area contributed by atoms with Gasteiger partial charge in [-0.1, -0.05) is 12.8 Å². The summed E-state index contributed by atoms with van der Waals surface area (Å²) in [5.41, 5.74) is 7.18. The second kappa shape index (κ2) is 9.62. The van der Waals surface area contributed by atoms with Gasteiger partial charge in [-0.2, -0.15) is 0 Å². The minimum Gasteiger partial charge on any atom is -0.424 e. The number of hydrogen-bond donors (Lipinski definition) is 2. The van der Waals surface area contributed by atoms with E-state index in [1.165, 1.54) is 0 Å². The third-order valence-electron chi connectivity index (χ3n) is 3.58. The van der Waals surface area contributed by atoms with Gasteiger partial charge in [-0.25, -0.2) is 9.97 Å². The molecule has 128 valence electrons. The number of aromatic nitrogens is 2. The molecule has 0 unspecified atom stereocenters. The first-order valence-electron chi connectivity index (χ1n) is 8.24. The summed E-state index contributed by atoms with van der Waals surface area (Å²) in [5, 5.41) is 2.94. The summed E-state index contributed by atoms with van der Waals surface area (Å²) >= 11 is 0. The van der Waals surface area contributed by atoms with E-state index < -0.39 is 0 Å². The first-order valence-corrected chi connectivity index (χ1v) is 8.24. The van der Waals surface area contributed by atoms with E-state index >= 15 is 0 Å². The fraction of sp³-hybridized carbons (Fsp3) is 0.389. The Morgan fingerprint density at radius 1 is 1.17 bits per heavy atom. The molecule has 2 aromatic rings. The second-order valence-corrected chi connectivity index (χ2v) is 5.61. The Bertz CT molecular complexity index is 647. The SMILES string of the molecule is Cc1cc(Oc2ncccn2)ccc1NC(=O)CCCCCCN. The minimum absolute atomic E-state index is 0.0332. The lowest BCUT2D eigenvalue weighted by Gasteiger charge is -2.10. The summed E-state index contributed by atoms with van der Waals surface area (Å²) in [6.07, 6.45) is 7.79. The molecule has 0 aliphatic heterocycles. The first kappa shape index (κ1) is 17.9. The molecule has 6 nitrogen and oxygen atoms in total. The molecular weight excluding hydrogens is 304 g/mol. The standard InChI is InChI=1S/C18H24N4O2/c1-14-13-15(24-18-20-11-6-12-21-18)8-9-16(14)22-17(23)7-4-2-3-5-10-19/h6,8-9,11-13H,2-5,7,10,19H2,1H3,(H,22,23). The molecule has 1 amide bonds. The number of ether oxygens (including phenoxy) is 1. The normalized spacial score (nSPS) is 10.4. The Morgan fingerprint density at radius 3 is 2.62 bits per heavy atom. The number of nitrogens with zero attached hydrogens (tertiary/aromatic N) is 2. The molecule has 2 rings (SSSR count). The van der Waals surface area contributed by atoms with E-state index in [9.17, 15) is 4.79 Å². The van der Waals surface area contributed by atoms with Crippen molar-refractivity contribution < 1.29 is 9.53 Å². The predicted molar refractivity (Wildman–Crippen MR) is 94.1 cm³/mol. The number of rotatable bonds is 9. The van der Waals surface area contributed by atoms with Gasteiger partial charge >= 0.3 is 6.01 Å². The van der Waals surface area contributed by atoms with E-state index in [-0.39, 0.29) is 5.91 Å². The number of benzene rings is 1. The second-order valence-electron chi connectivity index (χ2n) is 5.61. The molecular formula is C18H24N4O2. The molecule has 6 heteroatoms. The van der Waals surface area contributed by atoms with Crippen molar-refractivity contribution in [1.82, 2.24) is 9.97 Å². The topological polar surface area (TPSA) is 90.1 Å². The van der Waals surface area contributed by atoms with E-state index in [0.717, 1.165) is 36.9 Å². The highest BCUT2D eigenvalue weighted by Crippen LogP contribution is 2.24. The number of nitrogens with two attached hydrogens (primary N) is 1. The van der Waals surface area contributed by atoms with E-state index in [1.54, 1.807) is 24.5 Å². The molecule has 0 saturated heterocycles. The van der Waals surface area contributed by atoms with Crippen LogP contribution in [0.1, 0.15) is 37.7 Å². The fourth-order valence-corrected chi connectivity index (χ4v) is 2.28. The third-order valence-corrected chi connectivity index (χ3v) is 3.58. The van der Waals surface area contributed by atoms with Gasteiger partial charge in [0.2, 0.25) is 5.91 Å². The molecule has 3 N–H and O–H groups in total. The van der Waals surface area contributed by atoms with Gasteiger partial charge in [-0.15, -0.1) is 0 Å². The zero-order chi connectivity index (χ0) is 17.2. The molecule has 0 fully saturated rings. The van der Waals surface area contributed by atoms with Crippen LogP contribution in [-0.2, 0) is 4.79 Å². The van der Waals surface area contributed by atoms with Gasteiger partial charge in [-0.3, -0.25) is 4.79 Å². The number of hydrogen-bond acceptors (Lipinski definition) is 5. The van der Waals surface area contributed by atoms with Crippen molar-refractivity contribution in [2.24, 2.45) is 5.73 Å². The summed E-state index contributed by atoms with van der Waals surface area (Å²) in [7, 11) is 0. The quantitative estimate of drug-likeness (QED) is 0.688. The maximum absolute atomic E-state index is 12.0. The van der Waals surface area contributed by atoms with Gasteiger partial charge in [0.1, 0.15) is 5.75 Å². The maximum Gasteiger partial charge on any atom is 0.321 e. The van der Waals surface area contributed by atoms with Crippen LogP contribution < -0.4 is 15.8 Å². The Balaban J connectivity index is 1.84. The third kappa shape index (κ3) is 5.96. The Morgan fingerprint density at radius 2 is 1.92 bits per heavy atom. The molecule has 0 saturated carbocycles. The van der Waals surface area contributed by atoms with Crippen molar-refractivity contribution in [1.29, 1.82) is 0 Å². The van der Waals surface area contributed by atoms with Crippen molar-refractivity contribution in [3.05, 3.63) is 42.2 Å². The maximum atomic E-state index is 12.0. The Hall–Kier alpha value is -2.47. The zero-order valence-electron chi connectivity index (χ0n) is 14.0. The number of carbonyl (C=O) groups is 1. The predicted octanol–water partition coefficient (Wildman–Crippen LogP) is 3.43. The number of carbonyl (C=O) groups excluding carboxylic acids is 1. The summed E-state index contributed by atoms with van der Waals surface area (Å²) in [4.78, 5) is 20.0. The summed E-state index contributed by atoms with van der Waals surface area (Å²) < 4.78 is 5.58. The number of amides is 1. The van der Waals surface area contributed by atoms with Crippen LogP contribution in [0.25, 0.3) is 0 Å². The van der Waals surface area contributed by atoms with Crippen LogP contribution in [-0.4, -0.2) is 22.4 Å². The van der Waals surface area contributed by atoms with E-state index in [2.05, 4.69) is 15.3 Å². The fourth-order valence-electron chi connectivity index (χ4n) is 2.28. The van der Waals surface area contributed by atoms with Crippen LogP contribution in [0, 0.1) is 6.92 Å². The lowest BCUT2D eigenvalue weighted by molar-refractivity contribution is -0.116. The monoisotopic (exact) mass is 328 g/mol. The van der Waals surface area contributed by atoms with Gasteiger partial charge in [-0.05, 0) is 56.1 Å². The molecule has 1 aromatic heterocycles. The van der Waals surface area contributed by atoms with Gasteiger partial charge in [0.15, 0.2) is 0 Å². The van der Waals surface area contributed by atoms with Crippen LogP contribution in [0.4, 0.5) is 5.69 Å². The van der Waals surface area contributed by atoms with Crippen LogP contribution in [0.5, 0.6) is 11.8 Å². The average molecular weight is 328 g/mol. The summed E-state index contributed by atoms with van der Waals surface area (Å²) in [6, 6.07) is 7.51. The minimum atomic E-state index is 0.0332. The molecule has 0 atom stereocenters. The Labute approximate surface area is 142 Å². The molecule has 0 spiro atoms. The van der Waals surface area contributed by atoms with Gasteiger partial charge in [0.05, 0.1) is 0 Å². The number of anilines is 1. The first-order chi connectivity index (χ1) is 11.7. The van der Waals surface area contributed by atoms with E-state index in [4.69, 9.17) is 10.5 Å². The summed E-state index contributed by atoms with van der Waals surface area (Å²) in [5.74, 6) is 0.671. The number of unbranched alkanes of at least 4 members (excludes halogenated alkanes) is 3. The zero-order valence-corrected chi connectivity index (χ0v) is 14.0. The van der Waals surface area contributed by atoms with Gasteiger partial charge in [0.25, 0.3) is 0 Å². The van der Waals surface area contributed by atoms with Crippen molar-refractivity contribution in [2.45, 2.75) is 39.0 Å². The van der Waals surface area contributed by atoms with Gasteiger partial charge in [0, 0.05) is 24.5 Å². The van der Waals surface area contributed by atoms with Crippen LogP contribution >= 0.6 is 0 Å². The average Bonchev–Trinajstić information content (AvgIpc) is 2.58. The van der Waals surface area contributed by atoms with E-state index in [1.807, 2.05) is 19.1 Å². The molecule has 24 heavy (non-hydrogen) atoms. The van der Waals surface area contributed by atoms with Crippen molar-refractivity contribution in [2.75, 3.05) is 11.9 Å². The molecule has 0 radical (unpaired) electrons. The molecule has 1 heterocycles. The van der Waals surface area contributed by atoms with Crippen LogP contribution in [0.3, 0.4) is 0 Å². The summed E-state index contributed by atoms with van der Waals surface area (Å²) in [6.45, 7) is 2.64. The van der Waals surface area contributed by atoms with Crippen molar-refractivity contribution >= 4 is 11.6 Å². The lowest BCUT2D eigenvalue weighted by Crippen LogP contribution is -2.12. The number of nitrogens with one attached hydrogen (secondary N) is 1. The van der Waals surface area contributed by atoms with Crippen molar-refractivity contribution in [3.63, 3.8) is 0 Å². The Kier molecular flexibility index (Phi) is 7.17. The van der Waals surface area contributed by atoms with E-state index in [0.29, 0.717) is 24.7 Å². The highest BCUT2D eigenvalue weighted by atomic mass is 16.5. The highest BCUT2D eigenvalue weighted by molar-refractivity contribution is 5.91. The van der Waals surface area contributed by atoms with Crippen LogP contribution in [0.2, 0.25) is 0 Å². The molecule has 0 aliphatic rings. The molecule has 0 aliphatic carbocycles. The largest absolute Gasteiger partial charge is 0.424 e. The van der Waals surface area contributed by atoms with Crippen LogP contribution in [0.15, 0.2) is 36.7 Å². The molecule has 0 bridgehead atoms. The lowest BCUT2D eigenvalue weighted by atomic mass is 10.1.